The van der Waals surface area contributed by atoms with Gasteiger partial charge in [-0.1, -0.05) is 45.9 Å². The van der Waals surface area contributed by atoms with Crippen molar-refractivity contribution in [3.05, 3.63) is 59.7 Å². The van der Waals surface area contributed by atoms with E-state index in [0.29, 0.717) is 23.5 Å². The van der Waals surface area contributed by atoms with Gasteiger partial charge in [-0.15, -0.1) is 0 Å². The van der Waals surface area contributed by atoms with E-state index in [1.807, 2.05) is 52.8 Å². The number of rotatable bonds is 9. The Kier molecular flexibility index (Phi) is 7.23. The van der Waals surface area contributed by atoms with Gasteiger partial charge >= 0.3 is 5.97 Å². The molecule has 0 spiro atoms. The van der Waals surface area contributed by atoms with Gasteiger partial charge in [0.15, 0.2) is 0 Å². The van der Waals surface area contributed by atoms with E-state index in [2.05, 4.69) is 6.92 Å². The first kappa shape index (κ1) is 22.7. The largest absolute Gasteiger partial charge is 0.488 e. The summed E-state index contributed by atoms with van der Waals surface area (Å²) in [4.78, 5) is 24.9. The summed E-state index contributed by atoms with van der Waals surface area (Å²) in [6, 6.07) is 14.1. The van der Waals surface area contributed by atoms with Gasteiger partial charge in [0, 0.05) is 17.9 Å². The lowest BCUT2D eigenvalue weighted by atomic mass is 9.82. The molecule has 156 valence electrons. The van der Waals surface area contributed by atoms with Crippen molar-refractivity contribution in [3.8, 4) is 11.5 Å². The molecule has 2 rings (SSSR count). The van der Waals surface area contributed by atoms with Gasteiger partial charge in [-0.2, -0.15) is 0 Å². The molecule has 0 bridgehead atoms. The fourth-order valence-corrected chi connectivity index (χ4v) is 2.54. The van der Waals surface area contributed by atoms with E-state index < -0.39 is 5.97 Å². The normalized spacial score (nSPS) is 11.8. The summed E-state index contributed by atoms with van der Waals surface area (Å²) < 4.78 is 11.4. The number of ether oxygens (including phenoxy) is 2. The lowest BCUT2D eigenvalue weighted by Crippen LogP contribution is -2.26. The average Bonchev–Trinajstić information content (AvgIpc) is 2.68. The third kappa shape index (κ3) is 6.45. The molecule has 0 atom stereocenters. The molecule has 0 amide bonds. The minimum Gasteiger partial charge on any atom is -0.488 e. The Morgan fingerprint density at radius 3 is 2.07 bits per heavy atom. The summed E-state index contributed by atoms with van der Waals surface area (Å²) in [5.74, 6) is 0.851. The minimum atomic E-state index is -0.441. The second kappa shape index (κ2) is 9.25. The van der Waals surface area contributed by atoms with Crippen LogP contribution in [0.25, 0.3) is 0 Å². The highest BCUT2D eigenvalue weighted by Gasteiger charge is 2.25. The molecule has 2 aromatic rings. The van der Waals surface area contributed by atoms with Crippen LogP contribution >= 0.6 is 0 Å². The Bertz CT molecular complexity index is 847. The van der Waals surface area contributed by atoms with Gasteiger partial charge in [0.05, 0.1) is 5.56 Å². The van der Waals surface area contributed by atoms with Gasteiger partial charge in [-0.3, -0.25) is 4.79 Å². The van der Waals surface area contributed by atoms with Crippen molar-refractivity contribution in [2.24, 2.45) is 5.41 Å². The Hall–Kier alpha value is -2.62. The SMILES string of the molecule is CCC(C)(C)Oc1cccc(OC(=O)c2ccc(CC(=O)C(C)(C)CC)cc2)c1. The lowest BCUT2D eigenvalue weighted by Gasteiger charge is -2.25. The highest BCUT2D eigenvalue weighted by atomic mass is 16.5. The Labute approximate surface area is 174 Å². The van der Waals surface area contributed by atoms with E-state index in [1.165, 1.54) is 0 Å². The molecule has 0 fully saturated rings. The van der Waals surface area contributed by atoms with E-state index in [4.69, 9.17) is 9.47 Å². The number of ketones is 1. The standard InChI is InChI=1S/C25H32O4/c1-7-24(3,4)22(26)16-18-12-14-19(15-13-18)23(27)28-20-10-9-11-21(17-20)29-25(5,6)8-2/h9-15,17H,7-8,16H2,1-6H3. The van der Waals surface area contributed by atoms with Crippen LogP contribution in [0, 0.1) is 5.41 Å². The van der Waals surface area contributed by atoms with Crippen LogP contribution in [0.4, 0.5) is 0 Å². The fourth-order valence-electron chi connectivity index (χ4n) is 2.54. The van der Waals surface area contributed by atoms with Gasteiger partial charge in [0.25, 0.3) is 0 Å². The third-order valence-corrected chi connectivity index (χ3v) is 5.45. The van der Waals surface area contributed by atoms with Gasteiger partial charge < -0.3 is 9.47 Å². The van der Waals surface area contributed by atoms with Crippen LogP contribution < -0.4 is 9.47 Å². The number of hydrogen-bond acceptors (Lipinski definition) is 4. The summed E-state index contributed by atoms with van der Waals surface area (Å²) in [5.41, 5.74) is 0.709. The highest BCUT2D eigenvalue weighted by Crippen LogP contribution is 2.26. The molecular weight excluding hydrogens is 364 g/mol. The fraction of sp³-hybridized carbons (Fsp3) is 0.440. The van der Waals surface area contributed by atoms with Crippen LogP contribution in [-0.2, 0) is 11.2 Å². The van der Waals surface area contributed by atoms with Gasteiger partial charge in [0.1, 0.15) is 22.9 Å². The topological polar surface area (TPSA) is 52.6 Å². The molecule has 0 N–H and O–H groups in total. The van der Waals surface area contributed by atoms with E-state index in [-0.39, 0.29) is 16.8 Å². The van der Waals surface area contributed by atoms with Gasteiger partial charge in [0.2, 0.25) is 0 Å². The first-order valence-corrected chi connectivity index (χ1v) is 10.2. The van der Waals surface area contributed by atoms with Crippen LogP contribution in [0.2, 0.25) is 0 Å². The van der Waals surface area contributed by atoms with Crippen molar-refractivity contribution < 1.29 is 19.1 Å². The van der Waals surface area contributed by atoms with Crippen molar-refractivity contribution >= 4 is 11.8 Å². The summed E-state index contributed by atoms with van der Waals surface area (Å²) in [6.45, 7) is 12.0. The van der Waals surface area contributed by atoms with E-state index in [1.54, 1.807) is 30.3 Å². The van der Waals surface area contributed by atoms with Crippen LogP contribution in [0.5, 0.6) is 11.5 Å². The van der Waals surface area contributed by atoms with E-state index >= 15 is 0 Å². The number of carbonyl (C=O) groups excluding carboxylic acids is 2. The molecule has 0 aliphatic heterocycles. The molecule has 0 heterocycles. The second-order valence-corrected chi connectivity index (χ2v) is 8.61. The summed E-state index contributed by atoms with van der Waals surface area (Å²) in [5, 5.41) is 0. The van der Waals surface area contributed by atoms with Crippen LogP contribution in [0.1, 0.15) is 70.3 Å². The molecule has 0 aliphatic rings. The zero-order valence-corrected chi connectivity index (χ0v) is 18.4. The molecule has 0 radical (unpaired) electrons. The number of carbonyl (C=O) groups is 2. The number of hydrogen-bond donors (Lipinski definition) is 0. The van der Waals surface area contributed by atoms with E-state index in [9.17, 15) is 9.59 Å². The van der Waals surface area contributed by atoms with Crippen LogP contribution in [0.3, 0.4) is 0 Å². The van der Waals surface area contributed by atoms with Crippen molar-refractivity contribution in [3.63, 3.8) is 0 Å². The Morgan fingerprint density at radius 2 is 1.48 bits per heavy atom. The smallest absolute Gasteiger partial charge is 0.343 e. The summed E-state index contributed by atoms with van der Waals surface area (Å²) in [7, 11) is 0. The molecule has 0 aromatic heterocycles. The average molecular weight is 397 g/mol. The Morgan fingerprint density at radius 1 is 0.862 bits per heavy atom. The monoisotopic (exact) mass is 396 g/mol. The van der Waals surface area contributed by atoms with Crippen molar-refractivity contribution in [1.82, 2.24) is 0 Å². The zero-order valence-electron chi connectivity index (χ0n) is 18.4. The van der Waals surface area contributed by atoms with Gasteiger partial charge in [-0.05, 0) is 56.5 Å². The first-order valence-electron chi connectivity index (χ1n) is 10.2. The molecule has 2 aromatic carbocycles. The van der Waals surface area contributed by atoms with Crippen molar-refractivity contribution in [2.75, 3.05) is 0 Å². The maximum Gasteiger partial charge on any atom is 0.343 e. The number of esters is 1. The molecule has 29 heavy (non-hydrogen) atoms. The van der Waals surface area contributed by atoms with Crippen LogP contribution in [-0.4, -0.2) is 17.4 Å². The summed E-state index contributed by atoms with van der Waals surface area (Å²) in [6.07, 6.45) is 2.03. The highest BCUT2D eigenvalue weighted by molar-refractivity contribution is 5.91. The molecule has 0 saturated carbocycles. The summed E-state index contributed by atoms with van der Waals surface area (Å²) >= 11 is 0. The molecule has 4 nitrogen and oxygen atoms in total. The van der Waals surface area contributed by atoms with Crippen molar-refractivity contribution in [1.29, 1.82) is 0 Å². The first-order chi connectivity index (χ1) is 13.6. The maximum atomic E-state index is 12.5. The second-order valence-electron chi connectivity index (χ2n) is 8.61. The minimum absolute atomic E-state index is 0.196. The van der Waals surface area contributed by atoms with E-state index in [0.717, 1.165) is 18.4 Å². The molecule has 4 heteroatoms. The number of benzene rings is 2. The molecule has 0 unspecified atom stereocenters. The maximum absolute atomic E-state index is 12.5. The molecule has 0 saturated heterocycles. The zero-order chi connectivity index (χ0) is 21.7. The van der Waals surface area contributed by atoms with Crippen LogP contribution in [0.15, 0.2) is 48.5 Å². The third-order valence-electron chi connectivity index (χ3n) is 5.45. The molecule has 0 aliphatic carbocycles. The predicted molar refractivity (Wildman–Crippen MR) is 116 cm³/mol. The quantitative estimate of drug-likeness (QED) is 0.384. The van der Waals surface area contributed by atoms with Gasteiger partial charge in [-0.25, -0.2) is 4.79 Å². The van der Waals surface area contributed by atoms with Crippen molar-refractivity contribution in [2.45, 2.75) is 66.4 Å². The predicted octanol–water partition coefficient (Wildman–Crippen LogP) is 6.02. The Balaban J connectivity index is 2.04. The molecular formula is C25H32O4. The lowest BCUT2D eigenvalue weighted by molar-refractivity contribution is -0.126. The number of Topliss-reactive ketones (excluding diaryl/α,β-unsaturated/α-hetero) is 1.